The van der Waals surface area contributed by atoms with Crippen molar-refractivity contribution in [1.82, 2.24) is 0 Å². The summed E-state index contributed by atoms with van der Waals surface area (Å²) in [6.45, 7) is 3.64. The van der Waals surface area contributed by atoms with Gasteiger partial charge < -0.3 is 15.2 Å². The molecule has 1 aromatic heterocycles. The molecule has 0 atom stereocenters. The topological polar surface area (TPSA) is 92.7 Å². The molecule has 19 heavy (non-hydrogen) atoms. The standard InChI is InChI=1S/C12H15NO5S/c1-3-18-10(15)5-4-8(14)13-9-6-7(2)11(19-9)12(16)17/h6H,3-5H2,1-2H3,(H,13,14)(H,16,17). The number of aromatic carboxylic acids is 1. The summed E-state index contributed by atoms with van der Waals surface area (Å²) in [7, 11) is 0. The van der Waals surface area contributed by atoms with Gasteiger partial charge >= 0.3 is 11.9 Å². The highest BCUT2D eigenvalue weighted by Gasteiger charge is 2.14. The minimum Gasteiger partial charge on any atom is -0.477 e. The number of aryl methyl sites for hydroxylation is 1. The van der Waals surface area contributed by atoms with Crippen molar-refractivity contribution < 1.29 is 24.2 Å². The summed E-state index contributed by atoms with van der Waals surface area (Å²) >= 11 is 0.993. The molecule has 0 aliphatic heterocycles. The smallest absolute Gasteiger partial charge is 0.346 e. The van der Waals surface area contributed by atoms with Gasteiger partial charge in [0, 0.05) is 6.42 Å². The SMILES string of the molecule is CCOC(=O)CCC(=O)Nc1cc(C)c(C(=O)O)s1. The third-order valence-corrected chi connectivity index (χ3v) is 3.38. The lowest BCUT2D eigenvalue weighted by atomic mass is 10.3. The van der Waals surface area contributed by atoms with Crippen molar-refractivity contribution in [2.45, 2.75) is 26.7 Å². The molecule has 0 saturated heterocycles. The zero-order valence-electron chi connectivity index (χ0n) is 10.7. The van der Waals surface area contributed by atoms with E-state index in [1.165, 1.54) is 0 Å². The first kappa shape index (κ1) is 15.2. The number of carbonyl (C=O) groups is 3. The van der Waals surface area contributed by atoms with E-state index in [4.69, 9.17) is 9.84 Å². The number of ether oxygens (including phenoxy) is 1. The number of carbonyl (C=O) groups excluding carboxylic acids is 2. The van der Waals surface area contributed by atoms with Crippen LogP contribution in [0.15, 0.2) is 6.07 Å². The van der Waals surface area contributed by atoms with Gasteiger partial charge in [-0.25, -0.2) is 4.79 Å². The number of esters is 1. The van der Waals surface area contributed by atoms with Crippen molar-refractivity contribution in [3.8, 4) is 0 Å². The van der Waals surface area contributed by atoms with Crippen LogP contribution in [-0.4, -0.2) is 29.6 Å². The molecule has 0 unspecified atom stereocenters. The summed E-state index contributed by atoms with van der Waals surface area (Å²) in [6.07, 6.45) is 0.0218. The van der Waals surface area contributed by atoms with Gasteiger partial charge in [0.15, 0.2) is 0 Å². The Morgan fingerprint density at radius 1 is 1.37 bits per heavy atom. The maximum absolute atomic E-state index is 11.6. The summed E-state index contributed by atoms with van der Waals surface area (Å²) in [5.74, 6) is -1.79. The van der Waals surface area contributed by atoms with Gasteiger partial charge in [0.1, 0.15) is 4.88 Å². The minimum atomic E-state index is -1.02. The summed E-state index contributed by atoms with van der Waals surface area (Å²) in [4.78, 5) is 33.7. The molecule has 7 heteroatoms. The fraction of sp³-hybridized carbons (Fsp3) is 0.417. The van der Waals surface area contributed by atoms with Crippen LogP contribution in [0.25, 0.3) is 0 Å². The predicted molar refractivity (Wildman–Crippen MR) is 70.5 cm³/mol. The van der Waals surface area contributed by atoms with Gasteiger partial charge in [-0.05, 0) is 25.5 Å². The van der Waals surface area contributed by atoms with Crippen molar-refractivity contribution >= 4 is 34.2 Å². The largest absolute Gasteiger partial charge is 0.477 e. The maximum atomic E-state index is 11.6. The van der Waals surface area contributed by atoms with Gasteiger partial charge in [-0.2, -0.15) is 0 Å². The van der Waals surface area contributed by atoms with Crippen molar-refractivity contribution in [2.75, 3.05) is 11.9 Å². The van der Waals surface area contributed by atoms with Gasteiger partial charge in [-0.1, -0.05) is 0 Å². The van der Waals surface area contributed by atoms with E-state index < -0.39 is 11.9 Å². The van der Waals surface area contributed by atoms with Gasteiger partial charge in [0.25, 0.3) is 0 Å². The van der Waals surface area contributed by atoms with E-state index >= 15 is 0 Å². The number of hydrogen-bond acceptors (Lipinski definition) is 5. The van der Waals surface area contributed by atoms with Crippen molar-refractivity contribution in [1.29, 1.82) is 0 Å². The zero-order chi connectivity index (χ0) is 14.4. The number of anilines is 1. The molecule has 2 N–H and O–H groups in total. The molecule has 0 fully saturated rings. The fourth-order valence-corrected chi connectivity index (χ4v) is 2.33. The Morgan fingerprint density at radius 3 is 2.58 bits per heavy atom. The Hall–Kier alpha value is -1.89. The number of carboxylic acids is 1. The Morgan fingerprint density at radius 2 is 2.05 bits per heavy atom. The Balaban J connectivity index is 2.51. The zero-order valence-corrected chi connectivity index (χ0v) is 11.5. The van der Waals surface area contributed by atoms with Crippen molar-refractivity contribution in [3.05, 3.63) is 16.5 Å². The van der Waals surface area contributed by atoms with Crippen molar-refractivity contribution in [3.63, 3.8) is 0 Å². The molecule has 6 nitrogen and oxygen atoms in total. The van der Waals surface area contributed by atoms with E-state index in [0.717, 1.165) is 11.3 Å². The monoisotopic (exact) mass is 285 g/mol. The number of amides is 1. The molecular formula is C12H15NO5S. The van der Waals surface area contributed by atoms with Gasteiger partial charge in [-0.3, -0.25) is 9.59 Å². The van der Waals surface area contributed by atoms with E-state index in [1.54, 1.807) is 19.9 Å². The molecule has 104 valence electrons. The van der Waals surface area contributed by atoms with Crippen LogP contribution in [0.4, 0.5) is 5.00 Å². The number of rotatable bonds is 6. The highest BCUT2D eigenvalue weighted by atomic mass is 32.1. The molecule has 1 aromatic rings. The second-order valence-electron chi connectivity index (χ2n) is 3.78. The molecule has 0 aromatic carbocycles. The lowest BCUT2D eigenvalue weighted by Gasteiger charge is -2.02. The lowest BCUT2D eigenvalue weighted by Crippen LogP contribution is -2.13. The first-order valence-corrected chi connectivity index (χ1v) is 6.55. The lowest BCUT2D eigenvalue weighted by molar-refractivity contribution is -0.144. The van der Waals surface area contributed by atoms with Crippen LogP contribution < -0.4 is 5.32 Å². The molecule has 1 rings (SSSR count). The number of thiophene rings is 1. The van der Waals surface area contributed by atoms with Crippen LogP contribution in [-0.2, 0) is 14.3 Å². The highest BCUT2D eigenvalue weighted by Crippen LogP contribution is 2.26. The van der Waals surface area contributed by atoms with E-state index in [9.17, 15) is 14.4 Å². The predicted octanol–water partition coefficient (Wildman–Crippen LogP) is 2.04. The Kier molecular flexibility index (Phi) is 5.50. The summed E-state index contributed by atoms with van der Waals surface area (Å²) in [5, 5.41) is 11.9. The minimum absolute atomic E-state index is 0.00974. The summed E-state index contributed by atoms with van der Waals surface area (Å²) < 4.78 is 4.70. The third-order valence-electron chi connectivity index (χ3n) is 2.24. The normalized spacial score (nSPS) is 10.0. The number of hydrogen-bond donors (Lipinski definition) is 2. The molecule has 0 aliphatic carbocycles. The first-order valence-electron chi connectivity index (χ1n) is 5.73. The van der Waals surface area contributed by atoms with Crippen LogP contribution in [0.3, 0.4) is 0 Å². The molecule has 0 spiro atoms. The second kappa shape index (κ2) is 6.89. The molecule has 0 radical (unpaired) electrons. The van der Waals surface area contributed by atoms with Crippen LogP contribution in [0.2, 0.25) is 0 Å². The maximum Gasteiger partial charge on any atom is 0.346 e. The number of carboxylic acid groups (broad SMARTS) is 1. The molecule has 0 aliphatic rings. The van der Waals surface area contributed by atoms with Crippen LogP contribution in [0, 0.1) is 6.92 Å². The third kappa shape index (κ3) is 4.70. The number of nitrogens with one attached hydrogen (secondary N) is 1. The molecular weight excluding hydrogens is 270 g/mol. The van der Waals surface area contributed by atoms with Gasteiger partial charge in [-0.15, -0.1) is 11.3 Å². The van der Waals surface area contributed by atoms with Crippen LogP contribution in [0.5, 0.6) is 0 Å². The van der Waals surface area contributed by atoms with E-state index in [0.29, 0.717) is 10.6 Å². The average molecular weight is 285 g/mol. The summed E-state index contributed by atoms with van der Waals surface area (Å²) in [5.41, 5.74) is 0.596. The van der Waals surface area contributed by atoms with E-state index in [1.807, 2.05) is 0 Å². The fourth-order valence-electron chi connectivity index (χ4n) is 1.40. The van der Waals surface area contributed by atoms with E-state index in [-0.39, 0.29) is 30.2 Å². The van der Waals surface area contributed by atoms with Crippen LogP contribution >= 0.6 is 11.3 Å². The molecule has 1 amide bonds. The van der Waals surface area contributed by atoms with Crippen LogP contribution in [0.1, 0.15) is 35.0 Å². The second-order valence-corrected chi connectivity index (χ2v) is 4.83. The van der Waals surface area contributed by atoms with Gasteiger partial charge in [0.2, 0.25) is 5.91 Å². The quantitative estimate of drug-likeness (QED) is 0.780. The Bertz CT molecular complexity index is 494. The first-order chi connectivity index (χ1) is 8.93. The Labute approximate surface area is 114 Å². The molecule has 1 heterocycles. The van der Waals surface area contributed by atoms with Gasteiger partial charge in [0.05, 0.1) is 18.0 Å². The summed E-state index contributed by atoms with van der Waals surface area (Å²) in [6, 6.07) is 1.59. The average Bonchev–Trinajstić information content (AvgIpc) is 2.68. The van der Waals surface area contributed by atoms with E-state index in [2.05, 4.69) is 5.32 Å². The van der Waals surface area contributed by atoms with Crippen molar-refractivity contribution in [2.24, 2.45) is 0 Å². The highest BCUT2D eigenvalue weighted by molar-refractivity contribution is 7.18. The molecule has 0 saturated carbocycles. The molecule has 0 bridgehead atoms.